The Kier molecular flexibility index (Phi) is 5.09. The molecule has 1 aliphatic carbocycles. The average Bonchev–Trinajstić information content (AvgIpc) is 2.30. The van der Waals surface area contributed by atoms with Crippen LogP contribution in [0, 0.1) is 5.92 Å². The van der Waals surface area contributed by atoms with E-state index in [1.165, 1.54) is 25.7 Å². The fourth-order valence-electron chi connectivity index (χ4n) is 3.70. The normalized spacial score (nSPS) is 39.9. The number of rotatable bonds is 2. The Balaban J connectivity index is 0.00000128. The fraction of sp³-hybridized carbons (Fsp3) is 1.00. The Morgan fingerprint density at radius 1 is 1.25 bits per heavy atom. The third kappa shape index (κ3) is 2.39. The molecule has 3 unspecified atom stereocenters. The standard InChI is InChI=1S/C13H25NO.ClH/c1-3-13(15)9-10-14(4-2)12-8-6-5-7-11(12)13;/h11-12,15H,3-10H2,1-2H3;1H. The summed E-state index contributed by atoms with van der Waals surface area (Å²) in [4.78, 5) is 2.59. The minimum Gasteiger partial charge on any atom is -0.390 e. The van der Waals surface area contributed by atoms with Gasteiger partial charge in [-0.25, -0.2) is 0 Å². The quantitative estimate of drug-likeness (QED) is 0.811. The molecule has 2 fully saturated rings. The minimum absolute atomic E-state index is 0. The Morgan fingerprint density at radius 3 is 2.56 bits per heavy atom. The zero-order valence-corrected chi connectivity index (χ0v) is 11.4. The highest BCUT2D eigenvalue weighted by atomic mass is 35.5. The molecular weight excluding hydrogens is 222 g/mol. The number of aliphatic hydroxyl groups is 1. The molecule has 0 amide bonds. The molecule has 2 nitrogen and oxygen atoms in total. The van der Waals surface area contributed by atoms with Gasteiger partial charge < -0.3 is 10.0 Å². The van der Waals surface area contributed by atoms with E-state index < -0.39 is 0 Å². The van der Waals surface area contributed by atoms with E-state index in [9.17, 15) is 5.11 Å². The van der Waals surface area contributed by atoms with Crippen LogP contribution in [0.1, 0.15) is 52.4 Å². The summed E-state index contributed by atoms with van der Waals surface area (Å²) >= 11 is 0. The predicted octanol–water partition coefficient (Wildman–Crippen LogP) is 2.83. The Labute approximate surface area is 106 Å². The monoisotopic (exact) mass is 247 g/mol. The van der Waals surface area contributed by atoms with Crippen LogP contribution in [0.4, 0.5) is 0 Å². The second kappa shape index (κ2) is 5.70. The van der Waals surface area contributed by atoms with E-state index in [4.69, 9.17) is 0 Å². The molecule has 1 saturated heterocycles. The Morgan fingerprint density at radius 2 is 1.94 bits per heavy atom. The van der Waals surface area contributed by atoms with Crippen LogP contribution in [0.5, 0.6) is 0 Å². The summed E-state index contributed by atoms with van der Waals surface area (Å²) in [7, 11) is 0. The van der Waals surface area contributed by atoms with Gasteiger partial charge in [-0.2, -0.15) is 0 Å². The van der Waals surface area contributed by atoms with Gasteiger partial charge in [-0.05, 0) is 32.2 Å². The van der Waals surface area contributed by atoms with Gasteiger partial charge in [-0.15, -0.1) is 12.4 Å². The summed E-state index contributed by atoms with van der Waals surface area (Å²) in [5.41, 5.74) is -0.350. The molecule has 0 radical (unpaired) electrons. The first-order valence-electron chi connectivity index (χ1n) is 6.67. The molecule has 96 valence electrons. The minimum atomic E-state index is -0.350. The first kappa shape index (κ1) is 14.3. The van der Waals surface area contributed by atoms with Crippen molar-refractivity contribution in [2.45, 2.75) is 64.0 Å². The van der Waals surface area contributed by atoms with E-state index in [1.54, 1.807) is 0 Å². The fourth-order valence-corrected chi connectivity index (χ4v) is 3.70. The lowest BCUT2D eigenvalue weighted by molar-refractivity contribution is -0.115. The summed E-state index contributed by atoms with van der Waals surface area (Å²) < 4.78 is 0. The number of hydrogen-bond acceptors (Lipinski definition) is 2. The number of nitrogens with zero attached hydrogens (tertiary/aromatic N) is 1. The van der Waals surface area contributed by atoms with Gasteiger partial charge in [0.2, 0.25) is 0 Å². The maximum Gasteiger partial charge on any atom is 0.0700 e. The first-order valence-corrected chi connectivity index (χ1v) is 6.67. The SMILES string of the molecule is CCN1CCC(O)(CC)C2CCCCC21.Cl. The molecule has 3 heteroatoms. The van der Waals surface area contributed by atoms with E-state index >= 15 is 0 Å². The van der Waals surface area contributed by atoms with Crippen LogP contribution >= 0.6 is 12.4 Å². The molecular formula is C13H26ClNO. The lowest BCUT2D eigenvalue weighted by atomic mass is 9.68. The number of likely N-dealkylation sites (tertiary alicyclic amines) is 1. The summed E-state index contributed by atoms with van der Waals surface area (Å²) in [6, 6.07) is 0.669. The van der Waals surface area contributed by atoms with Crippen molar-refractivity contribution >= 4 is 12.4 Å². The van der Waals surface area contributed by atoms with Crippen LogP contribution in [0.3, 0.4) is 0 Å². The Bertz CT molecular complexity index is 224. The van der Waals surface area contributed by atoms with Gasteiger partial charge in [0.15, 0.2) is 0 Å². The zero-order chi connectivity index (χ0) is 10.9. The molecule has 2 rings (SSSR count). The highest BCUT2D eigenvalue weighted by Crippen LogP contribution is 2.42. The van der Waals surface area contributed by atoms with Crippen molar-refractivity contribution in [2.75, 3.05) is 13.1 Å². The van der Waals surface area contributed by atoms with E-state index in [-0.39, 0.29) is 18.0 Å². The lowest BCUT2D eigenvalue weighted by Gasteiger charge is -2.52. The second-order valence-electron chi connectivity index (χ2n) is 5.29. The molecule has 1 aliphatic heterocycles. The molecule has 0 bridgehead atoms. The van der Waals surface area contributed by atoms with Crippen LogP contribution in [0.15, 0.2) is 0 Å². The topological polar surface area (TPSA) is 23.5 Å². The molecule has 0 spiro atoms. The highest BCUT2D eigenvalue weighted by molar-refractivity contribution is 5.85. The van der Waals surface area contributed by atoms with Crippen molar-refractivity contribution in [3.8, 4) is 0 Å². The predicted molar refractivity (Wildman–Crippen MR) is 70.1 cm³/mol. The van der Waals surface area contributed by atoms with Crippen LogP contribution in [-0.4, -0.2) is 34.7 Å². The molecule has 0 aromatic rings. The summed E-state index contributed by atoms with van der Waals surface area (Å²) in [6.07, 6.45) is 7.15. The van der Waals surface area contributed by atoms with Crippen LogP contribution in [0.2, 0.25) is 0 Å². The molecule has 3 atom stereocenters. The molecule has 0 aromatic carbocycles. The second-order valence-corrected chi connectivity index (χ2v) is 5.29. The van der Waals surface area contributed by atoms with E-state index in [2.05, 4.69) is 18.7 Å². The van der Waals surface area contributed by atoms with Crippen molar-refractivity contribution in [1.29, 1.82) is 0 Å². The lowest BCUT2D eigenvalue weighted by Crippen LogP contribution is -2.58. The van der Waals surface area contributed by atoms with Crippen molar-refractivity contribution in [3.05, 3.63) is 0 Å². The van der Waals surface area contributed by atoms with Gasteiger partial charge in [0.05, 0.1) is 5.60 Å². The van der Waals surface area contributed by atoms with Gasteiger partial charge >= 0.3 is 0 Å². The maximum atomic E-state index is 10.7. The third-order valence-electron chi connectivity index (χ3n) is 4.74. The summed E-state index contributed by atoms with van der Waals surface area (Å²) in [5, 5.41) is 10.7. The number of hydrogen-bond donors (Lipinski definition) is 1. The highest BCUT2D eigenvalue weighted by Gasteiger charge is 2.46. The van der Waals surface area contributed by atoms with Crippen LogP contribution in [-0.2, 0) is 0 Å². The number of piperidine rings is 1. The van der Waals surface area contributed by atoms with E-state index in [1.807, 2.05) is 0 Å². The van der Waals surface area contributed by atoms with Gasteiger partial charge in [-0.1, -0.05) is 26.7 Å². The first-order chi connectivity index (χ1) is 7.21. The number of fused-ring (bicyclic) bond motifs is 1. The third-order valence-corrected chi connectivity index (χ3v) is 4.74. The number of halogens is 1. The zero-order valence-electron chi connectivity index (χ0n) is 10.6. The van der Waals surface area contributed by atoms with E-state index in [0.717, 1.165) is 25.9 Å². The maximum absolute atomic E-state index is 10.7. The van der Waals surface area contributed by atoms with Crippen molar-refractivity contribution in [1.82, 2.24) is 4.90 Å². The van der Waals surface area contributed by atoms with Gasteiger partial charge in [0.1, 0.15) is 0 Å². The summed E-state index contributed by atoms with van der Waals surface area (Å²) in [5.74, 6) is 0.546. The average molecular weight is 248 g/mol. The molecule has 16 heavy (non-hydrogen) atoms. The van der Waals surface area contributed by atoms with Crippen LogP contribution in [0.25, 0.3) is 0 Å². The largest absolute Gasteiger partial charge is 0.390 e. The van der Waals surface area contributed by atoms with Gasteiger partial charge in [-0.3, -0.25) is 0 Å². The van der Waals surface area contributed by atoms with Crippen molar-refractivity contribution < 1.29 is 5.11 Å². The molecule has 1 N–H and O–H groups in total. The smallest absolute Gasteiger partial charge is 0.0700 e. The molecule has 2 aliphatic rings. The van der Waals surface area contributed by atoms with Gasteiger partial charge in [0, 0.05) is 18.5 Å². The molecule has 1 saturated carbocycles. The van der Waals surface area contributed by atoms with Crippen LogP contribution < -0.4 is 0 Å². The van der Waals surface area contributed by atoms with Crippen molar-refractivity contribution in [2.24, 2.45) is 5.92 Å². The molecule has 1 heterocycles. The molecule has 0 aromatic heterocycles. The van der Waals surface area contributed by atoms with E-state index in [0.29, 0.717) is 12.0 Å². The van der Waals surface area contributed by atoms with Gasteiger partial charge in [0.25, 0.3) is 0 Å². The Hall–Kier alpha value is 0.210. The van der Waals surface area contributed by atoms with Crippen molar-refractivity contribution in [3.63, 3.8) is 0 Å². The summed E-state index contributed by atoms with van der Waals surface area (Å²) in [6.45, 7) is 6.65.